The first-order valence-electron chi connectivity index (χ1n) is 5.51. The van der Waals surface area contributed by atoms with Crippen molar-refractivity contribution in [1.82, 2.24) is 0 Å². The third-order valence-electron chi connectivity index (χ3n) is 2.48. The number of rotatable bonds is 2. The Morgan fingerprint density at radius 2 is 1.94 bits per heavy atom. The van der Waals surface area contributed by atoms with E-state index in [4.69, 9.17) is 11.6 Å². The molecule has 0 aliphatic heterocycles. The molecule has 0 saturated heterocycles. The quantitative estimate of drug-likeness (QED) is 0.737. The van der Waals surface area contributed by atoms with E-state index in [1.54, 1.807) is 12.1 Å². The van der Waals surface area contributed by atoms with Crippen LogP contribution in [0.2, 0.25) is 5.02 Å². The predicted octanol–water partition coefficient (Wildman–Crippen LogP) is 4.29. The lowest BCUT2D eigenvalue weighted by Crippen LogP contribution is -1.97. The fourth-order valence-electron chi connectivity index (χ4n) is 1.63. The Labute approximate surface area is 111 Å². The third-order valence-corrected chi connectivity index (χ3v) is 2.81. The number of hydrogen-bond donors (Lipinski definition) is 0. The number of nitriles is 1. The van der Waals surface area contributed by atoms with Crippen LogP contribution in [0.25, 0.3) is 0 Å². The molecule has 0 N–H and O–H groups in total. The molecule has 0 heterocycles. The Kier molecular flexibility index (Phi) is 3.76. The smallest absolute Gasteiger partial charge is 0.149 e. The Bertz CT molecular complexity index is 639. The van der Waals surface area contributed by atoms with Crippen molar-refractivity contribution in [3.05, 3.63) is 64.7 Å². The topological polar surface area (TPSA) is 36.1 Å². The maximum Gasteiger partial charge on any atom is 0.149 e. The van der Waals surface area contributed by atoms with Gasteiger partial charge in [-0.2, -0.15) is 5.26 Å². The highest BCUT2D eigenvalue weighted by Crippen LogP contribution is 2.20. The van der Waals surface area contributed by atoms with Crippen molar-refractivity contribution in [3.8, 4) is 6.07 Å². The van der Waals surface area contributed by atoms with Crippen LogP contribution in [0.15, 0.2) is 53.5 Å². The van der Waals surface area contributed by atoms with Crippen LogP contribution in [-0.4, -0.2) is 5.71 Å². The molecule has 0 atom stereocenters. The van der Waals surface area contributed by atoms with E-state index in [-0.39, 0.29) is 0 Å². The highest BCUT2D eigenvalue weighted by molar-refractivity contribution is 6.35. The lowest BCUT2D eigenvalue weighted by molar-refractivity contribution is 1.42. The maximum absolute atomic E-state index is 9.20. The summed E-state index contributed by atoms with van der Waals surface area (Å²) in [7, 11) is 0. The van der Waals surface area contributed by atoms with Gasteiger partial charge in [-0.25, -0.2) is 4.99 Å². The maximum atomic E-state index is 9.20. The van der Waals surface area contributed by atoms with E-state index >= 15 is 0 Å². The lowest BCUT2D eigenvalue weighted by atomic mass is 10.1. The van der Waals surface area contributed by atoms with E-state index in [0.29, 0.717) is 16.3 Å². The van der Waals surface area contributed by atoms with Gasteiger partial charge in [0.25, 0.3) is 0 Å². The summed E-state index contributed by atoms with van der Waals surface area (Å²) in [5.41, 5.74) is 2.84. The van der Waals surface area contributed by atoms with E-state index in [0.717, 1.165) is 11.3 Å². The third kappa shape index (κ3) is 2.77. The number of hydrogen-bond acceptors (Lipinski definition) is 2. The van der Waals surface area contributed by atoms with E-state index in [2.05, 4.69) is 11.1 Å². The molecule has 0 saturated carbocycles. The molecule has 2 aromatic carbocycles. The van der Waals surface area contributed by atoms with Crippen molar-refractivity contribution in [2.75, 3.05) is 0 Å². The van der Waals surface area contributed by atoms with Crippen molar-refractivity contribution in [1.29, 1.82) is 5.26 Å². The van der Waals surface area contributed by atoms with Crippen LogP contribution >= 0.6 is 11.6 Å². The van der Waals surface area contributed by atoms with Gasteiger partial charge in [0.05, 0.1) is 10.7 Å². The Morgan fingerprint density at radius 1 is 1.17 bits per heavy atom. The zero-order chi connectivity index (χ0) is 13.0. The summed E-state index contributed by atoms with van der Waals surface area (Å²) in [5, 5.41) is 9.73. The van der Waals surface area contributed by atoms with Crippen molar-refractivity contribution in [2.45, 2.75) is 6.92 Å². The molecule has 0 aromatic heterocycles. The van der Waals surface area contributed by atoms with Gasteiger partial charge in [0, 0.05) is 5.56 Å². The van der Waals surface area contributed by atoms with Gasteiger partial charge in [-0.3, -0.25) is 0 Å². The molecule has 18 heavy (non-hydrogen) atoms. The van der Waals surface area contributed by atoms with Crippen molar-refractivity contribution < 1.29 is 0 Å². The molecule has 0 spiro atoms. The molecular formula is C15H11ClN2. The molecule has 3 heteroatoms. The standard InChI is InChI=1S/C15H11ClN2/c1-11-5-4-6-12(9-11)18-15(10-17)13-7-2-3-8-14(13)16/h2-9H,1H3/b18-15+. The first-order chi connectivity index (χ1) is 8.70. The number of halogens is 1. The Hall–Kier alpha value is -2.11. The summed E-state index contributed by atoms with van der Waals surface area (Å²) in [5.74, 6) is 0. The minimum Gasteiger partial charge on any atom is -0.237 e. The van der Waals surface area contributed by atoms with Crippen LogP contribution in [0.3, 0.4) is 0 Å². The predicted molar refractivity (Wildman–Crippen MR) is 74.4 cm³/mol. The number of benzene rings is 2. The molecular weight excluding hydrogens is 244 g/mol. The second-order valence-corrected chi connectivity index (χ2v) is 4.30. The Balaban J connectivity index is 2.48. The molecule has 0 unspecified atom stereocenters. The van der Waals surface area contributed by atoms with E-state index < -0.39 is 0 Å². The summed E-state index contributed by atoms with van der Waals surface area (Å²) in [6.45, 7) is 1.99. The largest absolute Gasteiger partial charge is 0.237 e. The zero-order valence-electron chi connectivity index (χ0n) is 9.89. The zero-order valence-corrected chi connectivity index (χ0v) is 10.6. The van der Waals surface area contributed by atoms with Gasteiger partial charge in [-0.1, -0.05) is 41.9 Å². The lowest BCUT2D eigenvalue weighted by Gasteiger charge is -2.02. The summed E-state index contributed by atoms with van der Waals surface area (Å²) in [6, 6.07) is 17.0. The van der Waals surface area contributed by atoms with Gasteiger partial charge in [0.15, 0.2) is 0 Å². The molecule has 0 bridgehead atoms. The molecule has 0 aliphatic rings. The van der Waals surface area contributed by atoms with Crippen LogP contribution in [-0.2, 0) is 0 Å². The summed E-state index contributed by atoms with van der Waals surface area (Å²) < 4.78 is 0. The van der Waals surface area contributed by atoms with Gasteiger partial charge in [-0.15, -0.1) is 0 Å². The highest BCUT2D eigenvalue weighted by atomic mass is 35.5. The number of nitrogens with zero attached hydrogens (tertiary/aromatic N) is 2. The summed E-state index contributed by atoms with van der Waals surface area (Å²) >= 11 is 6.06. The number of aliphatic imine (C=N–C) groups is 1. The molecule has 2 rings (SSSR count). The molecule has 2 aromatic rings. The fourth-order valence-corrected chi connectivity index (χ4v) is 1.85. The van der Waals surface area contributed by atoms with Crippen LogP contribution in [0.4, 0.5) is 5.69 Å². The molecule has 0 aliphatic carbocycles. The summed E-state index contributed by atoms with van der Waals surface area (Å²) in [6.07, 6.45) is 0. The minimum atomic E-state index is 0.325. The second-order valence-electron chi connectivity index (χ2n) is 3.89. The fraction of sp³-hybridized carbons (Fsp3) is 0.0667. The normalized spacial score (nSPS) is 11.1. The van der Waals surface area contributed by atoms with Crippen molar-refractivity contribution >= 4 is 23.0 Å². The van der Waals surface area contributed by atoms with Crippen LogP contribution in [0.5, 0.6) is 0 Å². The first-order valence-corrected chi connectivity index (χ1v) is 5.89. The van der Waals surface area contributed by atoms with Crippen LogP contribution in [0.1, 0.15) is 11.1 Å². The average molecular weight is 255 g/mol. The molecule has 88 valence electrons. The highest BCUT2D eigenvalue weighted by Gasteiger charge is 2.06. The van der Waals surface area contributed by atoms with E-state index in [1.165, 1.54) is 0 Å². The van der Waals surface area contributed by atoms with Gasteiger partial charge in [0.2, 0.25) is 0 Å². The molecule has 2 nitrogen and oxygen atoms in total. The molecule has 0 radical (unpaired) electrons. The van der Waals surface area contributed by atoms with E-state index in [9.17, 15) is 5.26 Å². The van der Waals surface area contributed by atoms with Gasteiger partial charge in [0.1, 0.15) is 11.8 Å². The first kappa shape index (κ1) is 12.3. The van der Waals surface area contributed by atoms with Gasteiger partial charge < -0.3 is 0 Å². The second kappa shape index (κ2) is 5.48. The van der Waals surface area contributed by atoms with Crippen LogP contribution in [0, 0.1) is 18.3 Å². The SMILES string of the molecule is Cc1cccc(/N=C(\C#N)c2ccccc2Cl)c1. The van der Waals surface area contributed by atoms with Crippen LogP contribution < -0.4 is 0 Å². The molecule has 0 amide bonds. The van der Waals surface area contributed by atoms with Gasteiger partial charge >= 0.3 is 0 Å². The van der Waals surface area contributed by atoms with E-state index in [1.807, 2.05) is 43.3 Å². The number of aryl methyl sites for hydroxylation is 1. The monoisotopic (exact) mass is 254 g/mol. The molecule has 0 fully saturated rings. The summed E-state index contributed by atoms with van der Waals surface area (Å²) in [4.78, 5) is 4.34. The minimum absolute atomic E-state index is 0.325. The van der Waals surface area contributed by atoms with Crippen molar-refractivity contribution in [3.63, 3.8) is 0 Å². The Morgan fingerprint density at radius 3 is 2.61 bits per heavy atom. The average Bonchev–Trinajstić information content (AvgIpc) is 2.37. The van der Waals surface area contributed by atoms with Crippen molar-refractivity contribution in [2.24, 2.45) is 4.99 Å². The van der Waals surface area contributed by atoms with Gasteiger partial charge in [-0.05, 0) is 30.7 Å².